The number of fused-ring (bicyclic) bond motifs is 10. The molecular weight excluding hydrogens is 494 g/mol. The predicted octanol–water partition coefficient (Wildman–Crippen LogP) is 7.26. The van der Waals surface area contributed by atoms with E-state index in [2.05, 4.69) is 114 Å². The Bertz CT molecular complexity index is 1960. The summed E-state index contributed by atoms with van der Waals surface area (Å²) in [7, 11) is 0. The Labute approximate surface area is 232 Å². The summed E-state index contributed by atoms with van der Waals surface area (Å²) in [6.07, 6.45) is 8.83. The summed E-state index contributed by atoms with van der Waals surface area (Å²) in [5, 5.41) is 3.70. The van der Waals surface area contributed by atoms with Gasteiger partial charge in [0.05, 0.1) is 26.7 Å². The number of benzene rings is 3. The number of para-hydroxylation sites is 1. The number of aryl methyl sites for hydroxylation is 1. The Balaban J connectivity index is 1.35. The molecule has 0 aliphatic carbocycles. The van der Waals surface area contributed by atoms with Crippen molar-refractivity contribution in [1.29, 1.82) is 0 Å². The van der Waals surface area contributed by atoms with E-state index in [0.717, 1.165) is 36.5 Å². The van der Waals surface area contributed by atoms with Gasteiger partial charge < -0.3 is 0 Å². The third kappa shape index (κ3) is 3.44. The highest BCUT2D eigenvalue weighted by atomic mass is 32.1. The van der Waals surface area contributed by atoms with Crippen molar-refractivity contribution in [2.24, 2.45) is 0 Å². The molecule has 6 aromatic rings. The summed E-state index contributed by atoms with van der Waals surface area (Å²) < 4.78 is 6.23. The van der Waals surface area contributed by atoms with Gasteiger partial charge in [0.25, 0.3) is 0 Å². The summed E-state index contributed by atoms with van der Waals surface area (Å²) in [6.45, 7) is 6.69. The van der Waals surface area contributed by atoms with Gasteiger partial charge in [0.1, 0.15) is 5.01 Å². The molecular formula is C35H29N3S+2. The first-order valence-corrected chi connectivity index (χ1v) is 14.6. The van der Waals surface area contributed by atoms with Crippen molar-refractivity contribution in [3.05, 3.63) is 112 Å². The van der Waals surface area contributed by atoms with Crippen molar-refractivity contribution >= 4 is 44.5 Å². The first-order chi connectivity index (χ1) is 19.2. The van der Waals surface area contributed by atoms with Crippen LogP contribution in [-0.4, -0.2) is 4.98 Å². The zero-order valence-electron chi connectivity index (χ0n) is 22.2. The van der Waals surface area contributed by atoms with Crippen LogP contribution < -0.4 is 9.13 Å². The van der Waals surface area contributed by atoms with Crippen molar-refractivity contribution in [3.8, 4) is 22.5 Å². The van der Waals surface area contributed by atoms with Gasteiger partial charge in [0.15, 0.2) is 19.3 Å². The minimum atomic E-state index is 0.983. The zero-order valence-corrected chi connectivity index (χ0v) is 23.1. The van der Waals surface area contributed by atoms with E-state index in [1.54, 1.807) is 11.3 Å². The molecule has 0 amide bonds. The number of hydrogen-bond acceptors (Lipinski definition) is 2. The van der Waals surface area contributed by atoms with E-state index in [1.807, 2.05) is 0 Å². The molecule has 39 heavy (non-hydrogen) atoms. The largest absolute Gasteiger partial charge is 0.237 e. The van der Waals surface area contributed by atoms with Crippen LogP contribution in [0.1, 0.15) is 33.0 Å². The molecule has 0 N–H and O–H groups in total. The molecule has 0 saturated heterocycles. The first kappa shape index (κ1) is 22.8. The SMILES string of the molecule is Cc1c(C)c2c(c3c1CC[n+]1ccc4ccccc4c1-3)-c1cccc(/C=C/c3nc4ccccc4s3)[n+]1CC2. The molecule has 0 spiro atoms. The highest BCUT2D eigenvalue weighted by Crippen LogP contribution is 2.44. The third-order valence-corrected chi connectivity index (χ3v) is 9.77. The van der Waals surface area contributed by atoms with Crippen LogP contribution in [0, 0.1) is 13.8 Å². The normalized spacial score (nSPS) is 13.9. The summed E-state index contributed by atoms with van der Waals surface area (Å²) >= 11 is 1.75. The van der Waals surface area contributed by atoms with Crippen molar-refractivity contribution in [1.82, 2.24) is 4.98 Å². The average molecular weight is 524 g/mol. The number of thiazole rings is 1. The summed E-state index contributed by atoms with van der Waals surface area (Å²) in [5.74, 6) is 0. The van der Waals surface area contributed by atoms with E-state index in [9.17, 15) is 0 Å². The molecule has 0 atom stereocenters. The van der Waals surface area contributed by atoms with Crippen LogP contribution in [0.2, 0.25) is 0 Å². The molecule has 3 nitrogen and oxygen atoms in total. The second-order valence-corrected chi connectivity index (χ2v) is 11.8. The molecule has 0 saturated carbocycles. The molecule has 4 heteroatoms. The fourth-order valence-electron chi connectivity index (χ4n) is 6.76. The molecule has 0 fully saturated rings. The molecule has 2 aliphatic heterocycles. The lowest BCUT2D eigenvalue weighted by Gasteiger charge is -2.27. The number of pyridine rings is 2. The molecule has 8 rings (SSSR count). The van der Waals surface area contributed by atoms with Crippen molar-refractivity contribution in [2.75, 3.05) is 0 Å². The van der Waals surface area contributed by atoms with Gasteiger partial charge in [-0.1, -0.05) is 30.3 Å². The standard InChI is InChI=1S/C35H29N3S/c1-22-23(2)27-17-20-37-19-16-24-8-3-4-10-28(24)35(37)34(27)33-26(22)18-21-38-25(9-7-12-30(33)38)14-15-32-36-29-11-5-6-13-31(29)39-32/h3-16,19H,17-18,20-21H2,1-2H3/q+2/b15-14+. The van der Waals surface area contributed by atoms with Crippen molar-refractivity contribution < 1.29 is 9.13 Å². The quantitative estimate of drug-likeness (QED) is 0.219. The molecule has 188 valence electrons. The van der Waals surface area contributed by atoms with Crippen LogP contribution in [0.3, 0.4) is 0 Å². The van der Waals surface area contributed by atoms with Gasteiger partial charge in [0, 0.05) is 37.1 Å². The summed E-state index contributed by atoms with van der Waals surface area (Å²) in [6, 6.07) is 26.3. The van der Waals surface area contributed by atoms with Crippen molar-refractivity contribution in [2.45, 2.75) is 39.8 Å². The maximum absolute atomic E-state index is 4.83. The Morgan fingerprint density at radius 3 is 2.46 bits per heavy atom. The lowest BCUT2D eigenvalue weighted by atomic mass is 9.79. The zero-order chi connectivity index (χ0) is 26.1. The van der Waals surface area contributed by atoms with E-state index >= 15 is 0 Å². The van der Waals surface area contributed by atoms with Gasteiger partial charge in [-0.3, -0.25) is 0 Å². The maximum Gasteiger partial charge on any atom is 0.221 e. The van der Waals surface area contributed by atoms with Gasteiger partial charge >= 0.3 is 0 Å². The molecule has 0 unspecified atom stereocenters. The van der Waals surface area contributed by atoms with E-state index in [-0.39, 0.29) is 0 Å². The van der Waals surface area contributed by atoms with Crippen molar-refractivity contribution in [3.63, 3.8) is 0 Å². The van der Waals surface area contributed by atoms with Crippen LogP contribution >= 0.6 is 11.3 Å². The number of rotatable bonds is 2. The number of hydrogen-bond donors (Lipinski definition) is 0. The average Bonchev–Trinajstić information content (AvgIpc) is 3.40. The van der Waals surface area contributed by atoms with Crippen LogP contribution in [-0.2, 0) is 25.9 Å². The minimum Gasteiger partial charge on any atom is -0.237 e. The molecule has 3 aromatic heterocycles. The Morgan fingerprint density at radius 2 is 1.56 bits per heavy atom. The third-order valence-electron chi connectivity index (χ3n) is 8.77. The van der Waals surface area contributed by atoms with Gasteiger partial charge in [-0.05, 0) is 71.8 Å². The molecule has 2 aliphatic rings. The maximum atomic E-state index is 4.83. The smallest absolute Gasteiger partial charge is 0.221 e. The van der Waals surface area contributed by atoms with Crippen LogP contribution in [0.4, 0.5) is 0 Å². The van der Waals surface area contributed by atoms with E-state index in [4.69, 9.17) is 4.98 Å². The lowest BCUT2D eigenvalue weighted by Crippen LogP contribution is -2.45. The van der Waals surface area contributed by atoms with Gasteiger partial charge in [-0.25, -0.2) is 4.98 Å². The van der Waals surface area contributed by atoms with Crippen LogP contribution in [0.25, 0.3) is 55.7 Å². The molecule has 5 heterocycles. The lowest BCUT2D eigenvalue weighted by molar-refractivity contribution is -0.690. The number of nitrogens with zero attached hydrogens (tertiary/aromatic N) is 3. The highest BCUT2D eigenvalue weighted by molar-refractivity contribution is 7.19. The fraction of sp³-hybridized carbons (Fsp3) is 0.171. The number of aromatic nitrogens is 3. The summed E-state index contributed by atoms with van der Waals surface area (Å²) in [4.78, 5) is 4.83. The molecule has 0 bridgehead atoms. The second-order valence-electron chi connectivity index (χ2n) is 10.7. The van der Waals surface area contributed by atoms with Gasteiger partial charge in [-0.15, -0.1) is 11.3 Å². The fourth-order valence-corrected chi connectivity index (χ4v) is 7.63. The summed E-state index contributed by atoms with van der Waals surface area (Å²) in [5.41, 5.74) is 13.8. The van der Waals surface area contributed by atoms with E-state index < -0.39 is 0 Å². The molecule has 0 radical (unpaired) electrons. The van der Waals surface area contributed by atoms with Gasteiger partial charge in [-0.2, -0.15) is 9.13 Å². The Kier molecular flexibility index (Phi) is 5.08. The predicted molar refractivity (Wildman–Crippen MR) is 161 cm³/mol. The van der Waals surface area contributed by atoms with Crippen LogP contribution in [0.15, 0.2) is 79.0 Å². The Morgan fingerprint density at radius 1 is 0.769 bits per heavy atom. The van der Waals surface area contributed by atoms with Crippen LogP contribution in [0.5, 0.6) is 0 Å². The minimum absolute atomic E-state index is 0.983. The Hall–Kier alpha value is -4.15. The molecule has 3 aromatic carbocycles. The van der Waals surface area contributed by atoms with E-state index in [1.165, 1.54) is 65.9 Å². The van der Waals surface area contributed by atoms with Gasteiger partial charge in [0.2, 0.25) is 17.1 Å². The second kappa shape index (κ2) is 8.69. The van der Waals surface area contributed by atoms with E-state index in [0.29, 0.717) is 0 Å². The monoisotopic (exact) mass is 523 g/mol. The highest BCUT2D eigenvalue weighted by Gasteiger charge is 2.37. The first-order valence-electron chi connectivity index (χ1n) is 13.8. The topological polar surface area (TPSA) is 20.6 Å².